The predicted molar refractivity (Wildman–Crippen MR) is 45.5 cm³/mol. The molecule has 0 aliphatic rings. The van der Waals surface area contributed by atoms with E-state index >= 15 is 0 Å². The molecule has 2 rings (SSSR count). The number of nitrogens with zero attached hydrogens (tertiary/aromatic N) is 2. The Hall–Kier alpha value is -1.84. The first-order valence-electron chi connectivity index (χ1n) is 3.50. The van der Waals surface area contributed by atoms with Crippen LogP contribution in [-0.4, -0.2) is 21.4 Å². The van der Waals surface area contributed by atoms with Crippen molar-refractivity contribution in [2.75, 3.05) is 0 Å². The lowest BCUT2D eigenvalue weighted by molar-refractivity contribution is 0.321. The number of oxime groups is 1. The fourth-order valence-corrected chi connectivity index (χ4v) is 1.13. The molecule has 0 atom stereocenters. The van der Waals surface area contributed by atoms with Gasteiger partial charge >= 0.3 is 0 Å². The molecule has 0 aliphatic carbocycles. The minimum Gasteiger partial charge on any atom is -0.411 e. The highest BCUT2D eigenvalue weighted by Crippen LogP contribution is 2.11. The van der Waals surface area contributed by atoms with Crippen LogP contribution >= 0.6 is 0 Å². The van der Waals surface area contributed by atoms with Crippen LogP contribution in [0.2, 0.25) is 0 Å². The van der Waals surface area contributed by atoms with Crippen molar-refractivity contribution in [2.45, 2.75) is 0 Å². The lowest BCUT2D eigenvalue weighted by Crippen LogP contribution is -1.77. The minimum absolute atomic E-state index is 0.764. The molecular weight excluding hydrogens is 154 g/mol. The molecule has 4 nitrogen and oxygen atoms in total. The predicted octanol–water partition coefficient (Wildman–Crippen LogP) is 1.37. The van der Waals surface area contributed by atoms with E-state index in [1.165, 1.54) is 6.21 Å². The number of nitrogens with one attached hydrogen (secondary N) is 1. The Labute approximate surface area is 68.6 Å². The molecule has 0 saturated heterocycles. The number of fused-ring (bicyclic) bond motifs is 1. The summed E-state index contributed by atoms with van der Waals surface area (Å²) in [5.41, 5.74) is 1.70. The van der Waals surface area contributed by atoms with E-state index in [1.54, 1.807) is 12.4 Å². The van der Waals surface area contributed by atoms with Crippen LogP contribution in [0.1, 0.15) is 5.69 Å². The van der Waals surface area contributed by atoms with Crippen LogP contribution in [0.5, 0.6) is 0 Å². The van der Waals surface area contributed by atoms with Crippen LogP contribution in [0.4, 0.5) is 0 Å². The van der Waals surface area contributed by atoms with E-state index in [1.807, 2.05) is 12.1 Å². The molecule has 0 spiro atoms. The first-order valence-corrected chi connectivity index (χ1v) is 3.50. The molecular formula is C8H7N3O. The number of aromatic nitrogens is 2. The van der Waals surface area contributed by atoms with Crippen molar-refractivity contribution >= 4 is 17.1 Å². The first-order chi connectivity index (χ1) is 5.90. The Morgan fingerprint density at radius 3 is 3.25 bits per heavy atom. The molecule has 0 radical (unpaired) electrons. The quantitative estimate of drug-likeness (QED) is 0.377. The highest BCUT2D eigenvalue weighted by atomic mass is 16.4. The number of H-pyrrole nitrogens is 1. The molecule has 12 heavy (non-hydrogen) atoms. The Morgan fingerprint density at radius 1 is 1.58 bits per heavy atom. The molecule has 2 heterocycles. The van der Waals surface area contributed by atoms with Crippen LogP contribution in [0.25, 0.3) is 10.9 Å². The summed E-state index contributed by atoms with van der Waals surface area (Å²) in [7, 11) is 0. The zero-order valence-electron chi connectivity index (χ0n) is 6.23. The fraction of sp³-hybridized carbons (Fsp3) is 0. The summed E-state index contributed by atoms with van der Waals surface area (Å²) in [5, 5.41) is 12.3. The van der Waals surface area contributed by atoms with E-state index < -0.39 is 0 Å². The highest BCUT2D eigenvalue weighted by molar-refractivity contribution is 5.88. The van der Waals surface area contributed by atoms with Crippen molar-refractivity contribution in [3.8, 4) is 0 Å². The van der Waals surface area contributed by atoms with Gasteiger partial charge in [0.25, 0.3) is 0 Å². The summed E-state index contributed by atoms with van der Waals surface area (Å²) in [4.78, 5) is 6.97. The van der Waals surface area contributed by atoms with Gasteiger partial charge in [-0.25, -0.2) is 0 Å². The molecule has 0 aromatic carbocycles. The lowest BCUT2D eigenvalue weighted by Gasteiger charge is -1.83. The van der Waals surface area contributed by atoms with Crippen molar-refractivity contribution in [2.24, 2.45) is 5.16 Å². The van der Waals surface area contributed by atoms with Crippen LogP contribution < -0.4 is 0 Å². The van der Waals surface area contributed by atoms with Gasteiger partial charge in [-0.05, 0) is 12.1 Å². The van der Waals surface area contributed by atoms with E-state index in [0.717, 1.165) is 16.6 Å². The van der Waals surface area contributed by atoms with Gasteiger partial charge in [-0.2, -0.15) is 0 Å². The maximum Gasteiger partial charge on any atom is 0.0896 e. The van der Waals surface area contributed by atoms with E-state index in [2.05, 4.69) is 15.1 Å². The highest BCUT2D eigenvalue weighted by Gasteiger charge is 1.96. The van der Waals surface area contributed by atoms with Crippen molar-refractivity contribution in [1.29, 1.82) is 0 Å². The molecule has 0 saturated carbocycles. The minimum atomic E-state index is 0.764. The second kappa shape index (κ2) is 2.65. The molecule has 2 N–H and O–H groups in total. The van der Waals surface area contributed by atoms with Gasteiger partial charge < -0.3 is 10.2 Å². The van der Waals surface area contributed by atoms with Gasteiger partial charge in [0.15, 0.2) is 0 Å². The number of hydrogen-bond acceptors (Lipinski definition) is 3. The average Bonchev–Trinajstić information content (AvgIpc) is 2.47. The molecule has 0 unspecified atom stereocenters. The van der Waals surface area contributed by atoms with Gasteiger partial charge in [0.05, 0.1) is 23.6 Å². The second-order valence-electron chi connectivity index (χ2n) is 2.43. The summed E-state index contributed by atoms with van der Waals surface area (Å²) in [6.07, 6.45) is 4.79. The summed E-state index contributed by atoms with van der Waals surface area (Å²) >= 11 is 0. The zero-order chi connectivity index (χ0) is 8.39. The van der Waals surface area contributed by atoms with E-state index in [0.29, 0.717) is 0 Å². The third kappa shape index (κ3) is 1.03. The van der Waals surface area contributed by atoms with E-state index in [-0.39, 0.29) is 0 Å². The van der Waals surface area contributed by atoms with Crippen molar-refractivity contribution in [3.05, 3.63) is 30.2 Å². The van der Waals surface area contributed by atoms with Crippen LogP contribution in [0.15, 0.2) is 29.7 Å². The normalized spacial score (nSPS) is 11.3. The molecule has 0 amide bonds. The molecule has 0 aliphatic heterocycles. The second-order valence-corrected chi connectivity index (χ2v) is 2.43. The molecule has 2 aromatic rings. The number of aromatic amines is 1. The van der Waals surface area contributed by atoms with Crippen molar-refractivity contribution in [1.82, 2.24) is 9.97 Å². The number of hydrogen-bond donors (Lipinski definition) is 2. The Kier molecular flexibility index (Phi) is 1.51. The van der Waals surface area contributed by atoms with E-state index in [9.17, 15) is 0 Å². The standard InChI is InChI=1S/C8H7N3O/c12-10-4-7-3-6-1-2-9-5-8(6)11-7/h1-5,11-12H/b10-4+. The monoisotopic (exact) mass is 161 g/mol. The van der Waals surface area contributed by atoms with Gasteiger partial charge in [-0.15, -0.1) is 0 Å². The molecule has 2 aromatic heterocycles. The lowest BCUT2D eigenvalue weighted by atomic mass is 10.3. The molecule has 0 bridgehead atoms. The zero-order valence-corrected chi connectivity index (χ0v) is 6.23. The largest absolute Gasteiger partial charge is 0.411 e. The number of pyridine rings is 1. The topological polar surface area (TPSA) is 61.3 Å². The van der Waals surface area contributed by atoms with Crippen molar-refractivity contribution < 1.29 is 5.21 Å². The summed E-state index contributed by atoms with van der Waals surface area (Å²) < 4.78 is 0. The Balaban J connectivity index is 2.62. The maximum absolute atomic E-state index is 8.28. The van der Waals surface area contributed by atoms with Crippen LogP contribution in [-0.2, 0) is 0 Å². The third-order valence-corrected chi connectivity index (χ3v) is 1.64. The number of rotatable bonds is 1. The van der Waals surface area contributed by atoms with Crippen LogP contribution in [0, 0.1) is 0 Å². The Morgan fingerprint density at radius 2 is 2.50 bits per heavy atom. The van der Waals surface area contributed by atoms with Gasteiger partial charge in [0, 0.05) is 11.6 Å². The summed E-state index contributed by atoms with van der Waals surface area (Å²) in [6, 6.07) is 3.78. The molecule has 0 fully saturated rings. The SMILES string of the molecule is O/N=C/c1cc2ccncc2[nH]1. The summed E-state index contributed by atoms with van der Waals surface area (Å²) in [5.74, 6) is 0. The van der Waals surface area contributed by atoms with Crippen molar-refractivity contribution in [3.63, 3.8) is 0 Å². The summed E-state index contributed by atoms with van der Waals surface area (Å²) in [6.45, 7) is 0. The smallest absolute Gasteiger partial charge is 0.0896 e. The molecule has 60 valence electrons. The Bertz CT molecular complexity index is 386. The fourth-order valence-electron chi connectivity index (χ4n) is 1.13. The van der Waals surface area contributed by atoms with Gasteiger partial charge in [-0.3, -0.25) is 4.98 Å². The van der Waals surface area contributed by atoms with Crippen LogP contribution in [0.3, 0.4) is 0 Å². The van der Waals surface area contributed by atoms with Gasteiger partial charge in [0.2, 0.25) is 0 Å². The first kappa shape index (κ1) is 6.84. The third-order valence-electron chi connectivity index (χ3n) is 1.64. The van der Waals surface area contributed by atoms with Gasteiger partial charge in [0.1, 0.15) is 0 Å². The average molecular weight is 161 g/mol. The maximum atomic E-state index is 8.28. The van der Waals surface area contributed by atoms with E-state index in [4.69, 9.17) is 5.21 Å². The molecule has 4 heteroatoms. The van der Waals surface area contributed by atoms with Gasteiger partial charge in [-0.1, -0.05) is 5.16 Å².